The zero-order valence-corrected chi connectivity index (χ0v) is 14.1. The SMILES string of the molecule is Cc1nc(CCNC2CCOC3(CCOCC3)C2)sc1Cl. The third-order valence-electron chi connectivity index (χ3n) is 4.45. The molecule has 1 unspecified atom stereocenters. The molecule has 0 saturated carbocycles. The van der Waals surface area contributed by atoms with E-state index in [1.807, 2.05) is 6.92 Å². The average molecular weight is 331 g/mol. The molecule has 0 aliphatic carbocycles. The molecule has 1 atom stereocenters. The minimum absolute atomic E-state index is 0.0647. The first-order valence-electron chi connectivity index (χ1n) is 7.74. The van der Waals surface area contributed by atoms with Crippen molar-refractivity contribution in [3.05, 3.63) is 15.0 Å². The van der Waals surface area contributed by atoms with Crippen LogP contribution >= 0.6 is 22.9 Å². The van der Waals surface area contributed by atoms with E-state index in [2.05, 4.69) is 10.3 Å². The summed E-state index contributed by atoms with van der Waals surface area (Å²) >= 11 is 7.66. The maximum absolute atomic E-state index is 6.07. The number of hydrogen-bond acceptors (Lipinski definition) is 5. The van der Waals surface area contributed by atoms with Gasteiger partial charge in [0.05, 0.1) is 16.3 Å². The van der Waals surface area contributed by atoms with E-state index in [1.165, 1.54) is 0 Å². The van der Waals surface area contributed by atoms with E-state index < -0.39 is 0 Å². The predicted molar refractivity (Wildman–Crippen MR) is 85.3 cm³/mol. The molecule has 0 aromatic carbocycles. The van der Waals surface area contributed by atoms with Gasteiger partial charge < -0.3 is 14.8 Å². The Kier molecular flexibility index (Phi) is 5.17. The molecule has 118 valence electrons. The van der Waals surface area contributed by atoms with Gasteiger partial charge in [-0.05, 0) is 32.6 Å². The van der Waals surface area contributed by atoms with Crippen molar-refractivity contribution < 1.29 is 9.47 Å². The van der Waals surface area contributed by atoms with Crippen molar-refractivity contribution in [3.8, 4) is 0 Å². The summed E-state index contributed by atoms with van der Waals surface area (Å²) in [5, 5.41) is 4.80. The summed E-state index contributed by atoms with van der Waals surface area (Å²) in [5.41, 5.74) is 1.01. The first-order chi connectivity index (χ1) is 10.2. The number of nitrogens with zero attached hydrogens (tertiary/aromatic N) is 1. The Balaban J connectivity index is 1.46. The van der Waals surface area contributed by atoms with Gasteiger partial charge in [0.15, 0.2) is 0 Å². The van der Waals surface area contributed by atoms with Gasteiger partial charge in [-0.2, -0.15) is 0 Å². The molecule has 2 fully saturated rings. The summed E-state index contributed by atoms with van der Waals surface area (Å²) in [4.78, 5) is 4.48. The maximum Gasteiger partial charge on any atom is 0.116 e. The van der Waals surface area contributed by atoms with Crippen LogP contribution in [0.4, 0.5) is 0 Å². The second-order valence-electron chi connectivity index (χ2n) is 6.00. The molecule has 21 heavy (non-hydrogen) atoms. The van der Waals surface area contributed by atoms with E-state index >= 15 is 0 Å². The lowest BCUT2D eigenvalue weighted by atomic mass is 9.84. The highest BCUT2D eigenvalue weighted by atomic mass is 35.5. The summed E-state index contributed by atoms with van der Waals surface area (Å²) in [6.07, 6.45) is 5.22. The van der Waals surface area contributed by atoms with Gasteiger partial charge in [-0.1, -0.05) is 11.6 Å². The molecule has 4 nitrogen and oxygen atoms in total. The number of ether oxygens (including phenoxy) is 2. The summed E-state index contributed by atoms with van der Waals surface area (Å²) in [6, 6.07) is 0.549. The van der Waals surface area contributed by atoms with E-state index in [0.29, 0.717) is 6.04 Å². The third-order valence-corrected chi connectivity index (χ3v) is 5.96. The maximum atomic E-state index is 6.07. The van der Waals surface area contributed by atoms with E-state index in [1.54, 1.807) is 11.3 Å². The van der Waals surface area contributed by atoms with E-state index in [0.717, 1.165) is 73.5 Å². The summed E-state index contributed by atoms with van der Waals surface area (Å²) in [5.74, 6) is 0. The zero-order valence-electron chi connectivity index (χ0n) is 12.5. The quantitative estimate of drug-likeness (QED) is 0.921. The van der Waals surface area contributed by atoms with Crippen LogP contribution in [-0.4, -0.2) is 43.0 Å². The van der Waals surface area contributed by atoms with Crippen molar-refractivity contribution >= 4 is 22.9 Å². The largest absolute Gasteiger partial charge is 0.381 e. The van der Waals surface area contributed by atoms with Crippen molar-refractivity contribution in [3.63, 3.8) is 0 Å². The normalized spacial score (nSPS) is 25.3. The number of halogens is 1. The van der Waals surface area contributed by atoms with Crippen LogP contribution in [0.25, 0.3) is 0 Å². The van der Waals surface area contributed by atoms with Crippen molar-refractivity contribution in [2.24, 2.45) is 0 Å². The molecular weight excluding hydrogens is 308 g/mol. The molecular formula is C15H23ClN2O2S. The van der Waals surface area contributed by atoms with Gasteiger partial charge in [0.1, 0.15) is 4.34 Å². The molecule has 2 aliphatic rings. The van der Waals surface area contributed by atoms with Gasteiger partial charge in [0.2, 0.25) is 0 Å². The molecule has 1 spiro atoms. The molecule has 2 aliphatic heterocycles. The van der Waals surface area contributed by atoms with Crippen molar-refractivity contribution in [2.45, 2.75) is 50.7 Å². The van der Waals surface area contributed by atoms with Gasteiger partial charge in [0.25, 0.3) is 0 Å². The van der Waals surface area contributed by atoms with Crippen LogP contribution in [0.1, 0.15) is 36.4 Å². The van der Waals surface area contributed by atoms with Gasteiger partial charge in [-0.15, -0.1) is 11.3 Å². The number of nitrogens with one attached hydrogen (secondary N) is 1. The lowest BCUT2D eigenvalue weighted by Gasteiger charge is -2.43. The second-order valence-corrected chi connectivity index (χ2v) is 7.69. The van der Waals surface area contributed by atoms with Crippen LogP contribution in [0.2, 0.25) is 4.34 Å². The minimum Gasteiger partial charge on any atom is -0.381 e. The van der Waals surface area contributed by atoms with Gasteiger partial charge >= 0.3 is 0 Å². The Morgan fingerprint density at radius 2 is 2.19 bits per heavy atom. The number of aryl methyl sites for hydroxylation is 1. The van der Waals surface area contributed by atoms with Crippen molar-refractivity contribution in [1.29, 1.82) is 0 Å². The Labute approximate surface area is 135 Å². The van der Waals surface area contributed by atoms with Crippen LogP contribution < -0.4 is 5.32 Å². The van der Waals surface area contributed by atoms with Crippen LogP contribution in [0.5, 0.6) is 0 Å². The van der Waals surface area contributed by atoms with Crippen molar-refractivity contribution in [2.75, 3.05) is 26.4 Å². The Bertz CT molecular complexity index is 449. The van der Waals surface area contributed by atoms with Crippen LogP contribution in [0.3, 0.4) is 0 Å². The van der Waals surface area contributed by atoms with Crippen LogP contribution in [0, 0.1) is 6.92 Å². The molecule has 1 aromatic heterocycles. The zero-order chi connectivity index (χ0) is 14.7. The second kappa shape index (κ2) is 6.92. The predicted octanol–water partition coefficient (Wildman–Crippen LogP) is 2.97. The average Bonchev–Trinajstić information content (AvgIpc) is 2.79. The molecule has 0 bridgehead atoms. The number of hydrogen-bond donors (Lipinski definition) is 1. The van der Waals surface area contributed by atoms with Gasteiger partial charge in [-0.3, -0.25) is 0 Å². The fourth-order valence-electron chi connectivity index (χ4n) is 3.22. The highest BCUT2D eigenvalue weighted by Gasteiger charge is 2.38. The molecule has 2 saturated heterocycles. The lowest BCUT2D eigenvalue weighted by Crippen LogP contribution is -2.50. The van der Waals surface area contributed by atoms with Gasteiger partial charge in [0, 0.05) is 38.8 Å². The molecule has 0 amide bonds. The standard InChI is InChI=1S/C15H23ClN2O2S/c1-11-14(16)21-13(18-11)2-6-17-12-3-7-20-15(10-12)4-8-19-9-5-15/h12,17H,2-10H2,1H3. The Morgan fingerprint density at radius 1 is 1.38 bits per heavy atom. The molecule has 1 N–H and O–H groups in total. The molecule has 1 aromatic rings. The number of rotatable bonds is 4. The smallest absolute Gasteiger partial charge is 0.116 e. The van der Waals surface area contributed by atoms with Crippen LogP contribution in [-0.2, 0) is 15.9 Å². The molecule has 3 heterocycles. The molecule has 0 radical (unpaired) electrons. The topological polar surface area (TPSA) is 43.4 Å². The Hall–Kier alpha value is -0.200. The van der Waals surface area contributed by atoms with Crippen LogP contribution in [0.15, 0.2) is 0 Å². The monoisotopic (exact) mass is 330 g/mol. The summed E-state index contributed by atoms with van der Waals surface area (Å²) < 4.78 is 12.4. The first kappa shape index (κ1) is 15.7. The van der Waals surface area contributed by atoms with Crippen molar-refractivity contribution in [1.82, 2.24) is 10.3 Å². The highest BCUT2D eigenvalue weighted by Crippen LogP contribution is 2.34. The third kappa shape index (κ3) is 3.96. The summed E-state index contributed by atoms with van der Waals surface area (Å²) in [7, 11) is 0. The highest BCUT2D eigenvalue weighted by molar-refractivity contribution is 7.16. The van der Waals surface area contributed by atoms with E-state index in [9.17, 15) is 0 Å². The molecule has 3 rings (SSSR count). The van der Waals surface area contributed by atoms with E-state index in [4.69, 9.17) is 21.1 Å². The number of aromatic nitrogens is 1. The molecule has 6 heteroatoms. The first-order valence-corrected chi connectivity index (χ1v) is 8.93. The minimum atomic E-state index is 0.0647. The number of thiazole rings is 1. The van der Waals surface area contributed by atoms with E-state index in [-0.39, 0.29) is 5.60 Å². The summed E-state index contributed by atoms with van der Waals surface area (Å²) in [6.45, 7) is 5.46. The fraction of sp³-hybridized carbons (Fsp3) is 0.800. The lowest BCUT2D eigenvalue weighted by molar-refractivity contribution is -0.140. The Morgan fingerprint density at radius 3 is 2.90 bits per heavy atom. The fourth-order valence-corrected chi connectivity index (χ4v) is 4.31. The van der Waals surface area contributed by atoms with Gasteiger partial charge in [-0.25, -0.2) is 4.98 Å².